The van der Waals surface area contributed by atoms with E-state index in [4.69, 9.17) is 9.47 Å². The maximum atomic E-state index is 12.3. The van der Waals surface area contributed by atoms with E-state index in [1.165, 1.54) is 26.0 Å². The van der Waals surface area contributed by atoms with Gasteiger partial charge in [-0.3, -0.25) is 9.59 Å². The molecule has 1 aromatic rings. The van der Waals surface area contributed by atoms with Crippen molar-refractivity contribution in [2.24, 2.45) is 0 Å². The Balaban J connectivity index is 2.88. The summed E-state index contributed by atoms with van der Waals surface area (Å²) in [5.74, 6) is -1.31. The summed E-state index contributed by atoms with van der Waals surface area (Å²) in [6.07, 6.45) is 0. The van der Waals surface area contributed by atoms with Crippen molar-refractivity contribution in [2.45, 2.75) is 27.7 Å². The third kappa shape index (κ3) is 6.37. The molecule has 1 rings (SSSR count). The molecule has 0 aliphatic heterocycles. The Morgan fingerprint density at radius 1 is 1.12 bits per heavy atom. The van der Waals surface area contributed by atoms with Crippen LogP contribution in [0.1, 0.15) is 38.1 Å². The minimum Gasteiger partial charge on any atom is -0.461 e. The molecule has 24 heavy (non-hydrogen) atoms. The van der Waals surface area contributed by atoms with E-state index in [1.807, 2.05) is 13.8 Å². The average molecular weight is 336 g/mol. The highest BCUT2D eigenvalue weighted by molar-refractivity contribution is 5.96. The molecule has 0 saturated carbocycles. The molecule has 0 heterocycles. The van der Waals surface area contributed by atoms with E-state index in [9.17, 15) is 14.4 Å². The van der Waals surface area contributed by atoms with E-state index < -0.39 is 11.9 Å². The van der Waals surface area contributed by atoms with Gasteiger partial charge in [0.25, 0.3) is 0 Å². The third-order valence-corrected chi connectivity index (χ3v) is 3.31. The van der Waals surface area contributed by atoms with E-state index in [1.54, 1.807) is 6.07 Å². The van der Waals surface area contributed by atoms with Crippen molar-refractivity contribution in [3.63, 3.8) is 0 Å². The highest BCUT2D eigenvalue weighted by atomic mass is 16.5. The van der Waals surface area contributed by atoms with Crippen molar-refractivity contribution in [2.75, 3.05) is 31.6 Å². The van der Waals surface area contributed by atoms with Crippen molar-refractivity contribution >= 4 is 23.5 Å². The van der Waals surface area contributed by atoms with E-state index in [2.05, 4.69) is 10.2 Å². The van der Waals surface area contributed by atoms with Gasteiger partial charge in [-0.05, 0) is 31.3 Å². The molecule has 7 heteroatoms. The summed E-state index contributed by atoms with van der Waals surface area (Å²) in [7, 11) is 0. The fraction of sp³-hybridized carbons (Fsp3) is 0.471. The second-order valence-electron chi connectivity index (χ2n) is 5.15. The Morgan fingerprint density at radius 3 is 2.33 bits per heavy atom. The van der Waals surface area contributed by atoms with Crippen LogP contribution in [0.15, 0.2) is 18.2 Å². The standard InChI is InChI=1S/C17H24N2O5/c1-5-19(6-2)9-10-23-17(22)15-11-14(18-12(3)20)7-8-16(15)24-13(4)21/h7-8,11H,5-6,9-10H2,1-4H3,(H,18,20). The second kappa shape index (κ2) is 9.67. The summed E-state index contributed by atoms with van der Waals surface area (Å²) in [5, 5.41) is 2.58. The van der Waals surface area contributed by atoms with Crippen molar-refractivity contribution < 1.29 is 23.9 Å². The molecular weight excluding hydrogens is 312 g/mol. The number of esters is 2. The SMILES string of the molecule is CCN(CC)CCOC(=O)c1cc(NC(C)=O)ccc1OC(C)=O. The largest absolute Gasteiger partial charge is 0.461 e. The van der Waals surface area contributed by atoms with E-state index in [-0.39, 0.29) is 23.8 Å². The Bertz CT molecular complexity index is 597. The van der Waals surface area contributed by atoms with Crippen LogP contribution in [-0.2, 0) is 14.3 Å². The summed E-state index contributed by atoms with van der Waals surface area (Å²) in [5.41, 5.74) is 0.519. The van der Waals surface area contributed by atoms with Crippen LogP contribution in [-0.4, -0.2) is 49.0 Å². The second-order valence-corrected chi connectivity index (χ2v) is 5.15. The number of likely N-dealkylation sites (N-methyl/N-ethyl adjacent to an activating group) is 1. The van der Waals surface area contributed by atoms with Gasteiger partial charge in [0.05, 0.1) is 0 Å². The molecule has 7 nitrogen and oxygen atoms in total. The van der Waals surface area contributed by atoms with Crippen LogP contribution in [0.3, 0.4) is 0 Å². The number of nitrogens with one attached hydrogen (secondary N) is 1. The zero-order valence-electron chi connectivity index (χ0n) is 14.5. The Labute approximate surface area is 141 Å². The first-order chi connectivity index (χ1) is 11.4. The smallest absolute Gasteiger partial charge is 0.342 e. The van der Waals surface area contributed by atoms with Crippen molar-refractivity contribution in [1.29, 1.82) is 0 Å². The average Bonchev–Trinajstić information content (AvgIpc) is 2.52. The van der Waals surface area contributed by atoms with Gasteiger partial charge in [-0.15, -0.1) is 0 Å². The molecular formula is C17H24N2O5. The lowest BCUT2D eigenvalue weighted by atomic mass is 10.1. The lowest BCUT2D eigenvalue weighted by molar-refractivity contribution is -0.131. The predicted molar refractivity (Wildman–Crippen MR) is 90.1 cm³/mol. The maximum Gasteiger partial charge on any atom is 0.342 e. The molecule has 0 aliphatic rings. The van der Waals surface area contributed by atoms with Crippen LogP contribution in [0.5, 0.6) is 5.75 Å². The minimum absolute atomic E-state index is 0.0935. The van der Waals surface area contributed by atoms with Gasteiger partial charge in [-0.1, -0.05) is 13.8 Å². The molecule has 132 valence electrons. The normalized spacial score (nSPS) is 10.4. The lowest BCUT2D eigenvalue weighted by Crippen LogP contribution is -2.28. The zero-order chi connectivity index (χ0) is 18.1. The van der Waals surface area contributed by atoms with Gasteiger partial charge in [-0.2, -0.15) is 0 Å². The molecule has 0 aliphatic carbocycles. The van der Waals surface area contributed by atoms with Crippen molar-refractivity contribution in [3.05, 3.63) is 23.8 Å². The molecule has 0 unspecified atom stereocenters. The quantitative estimate of drug-likeness (QED) is 0.578. The number of hydrogen-bond acceptors (Lipinski definition) is 6. The van der Waals surface area contributed by atoms with Crippen molar-refractivity contribution in [3.8, 4) is 5.75 Å². The third-order valence-electron chi connectivity index (χ3n) is 3.31. The molecule has 0 bridgehead atoms. The van der Waals surface area contributed by atoms with Crippen LogP contribution in [0.25, 0.3) is 0 Å². The molecule has 0 fully saturated rings. The first-order valence-corrected chi connectivity index (χ1v) is 7.86. The summed E-state index contributed by atoms with van der Waals surface area (Å²) in [4.78, 5) is 36.8. The first kappa shape index (κ1) is 19.6. The number of benzene rings is 1. The van der Waals surface area contributed by atoms with E-state index in [0.717, 1.165) is 13.1 Å². The number of ether oxygens (including phenoxy) is 2. The minimum atomic E-state index is -0.606. The van der Waals surface area contributed by atoms with Crippen LogP contribution < -0.4 is 10.1 Å². The Hall–Kier alpha value is -2.41. The fourth-order valence-electron chi connectivity index (χ4n) is 2.10. The Kier molecular flexibility index (Phi) is 7.91. The van der Waals surface area contributed by atoms with Gasteiger partial charge < -0.3 is 19.7 Å². The maximum absolute atomic E-state index is 12.3. The predicted octanol–water partition coefficient (Wildman–Crippen LogP) is 2.07. The lowest BCUT2D eigenvalue weighted by Gasteiger charge is -2.18. The van der Waals surface area contributed by atoms with Gasteiger partial charge in [0.2, 0.25) is 5.91 Å². The fourth-order valence-corrected chi connectivity index (χ4v) is 2.10. The molecule has 0 aromatic heterocycles. The monoisotopic (exact) mass is 336 g/mol. The highest BCUT2D eigenvalue weighted by Gasteiger charge is 2.17. The summed E-state index contributed by atoms with van der Waals surface area (Å²) in [6.45, 7) is 9.24. The van der Waals surface area contributed by atoms with E-state index in [0.29, 0.717) is 12.2 Å². The van der Waals surface area contributed by atoms with Gasteiger partial charge in [-0.25, -0.2) is 4.79 Å². The van der Waals surface area contributed by atoms with Gasteiger partial charge in [0.1, 0.15) is 17.9 Å². The van der Waals surface area contributed by atoms with Crippen LogP contribution in [0.2, 0.25) is 0 Å². The highest BCUT2D eigenvalue weighted by Crippen LogP contribution is 2.24. The van der Waals surface area contributed by atoms with Crippen LogP contribution in [0, 0.1) is 0 Å². The molecule has 0 atom stereocenters. The first-order valence-electron chi connectivity index (χ1n) is 7.86. The molecule has 1 N–H and O–H groups in total. The number of amides is 1. The summed E-state index contributed by atoms with van der Waals surface area (Å²) in [6, 6.07) is 4.43. The van der Waals surface area contributed by atoms with Crippen molar-refractivity contribution in [1.82, 2.24) is 4.90 Å². The topological polar surface area (TPSA) is 84.9 Å². The van der Waals surface area contributed by atoms with Gasteiger partial charge in [0.15, 0.2) is 0 Å². The number of anilines is 1. The number of hydrogen-bond donors (Lipinski definition) is 1. The Morgan fingerprint density at radius 2 is 1.79 bits per heavy atom. The van der Waals surface area contributed by atoms with Gasteiger partial charge >= 0.3 is 11.9 Å². The van der Waals surface area contributed by atoms with Crippen LogP contribution in [0.4, 0.5) is 5.69 Å². The number of rotatable bonds is 8. The summed E-state index contributed by atoms with van der Waals surface area (Å²) < 4.78 is 10.3. The van der Waals surface area contributed by atoms with Crippen LogP contribution >= 0.6 is 0 Å². The number of nitrogens with zero attached hydrogens (tertiary/aromatic N) is 1. The van der Waals surface area contributed by atoms with E-state index >= 15 is 0 Å². The molecule has 0 radical (unpaired) electrons. The molecule has 1 aromatic carbocycles. The van der Waals surface area contributed by atoms with Gasteiger partial charge in [0, 0.05) is 26.1 Å². The number of carbonyl (C=O) groups is 3. The number of carbonyl (C=O) groups excluding carboxylic acids is 3. The summed E-state index contributed by atoms with van der Waals surface area (Å²) >= 11 is 0. The molecule has 0 saturated heterocycles. The molecule has 0 spiro atoms. The molecule has 1 amide bonds. The zero-order valence-corrected chi connectivity index (χ0v) is 14.5.